The number of allylic oxidation sites excluding steroid dienone is 1. The molecule has 0 spiro atoms. The maximum absolute atomic E-state index is 4.61. The number of ether oxygens (including phenoxy) is 1. The van der Waals surface area contributed by atoms with Gasteiger partial charge in [0.2, 0.25) is 0 Å². The maximum Gasteiger partial charge on any atom is 0.173 e. The second kappa shape index (κ2) is 11.9. The average molecular weight is 157 g/mol. The van der Waals surface area contributed by atoms with Gasteiger partial charge in [-0.3, -0.25) is 0 Å². The second-order valence-corrected chi connectivity index (χ2v) is 1.79. The third-order valence-electron chi connectivity index (χ3n) is 0.879. The van der Waals surface area contributed by atoms with Gasteiger partial charge in [0.15, 0.2) is 6.40 Å². The number of hydrogen-bond donors (Lipinski definition) is 0. The highest BCUT2D eigenvalue weighted by atomic mass is 16.5. The molecule has 0 aliphatic rings. The fourth-order valence-electron chi connectivity index (χ4n) is 0.480. The summed E-state index contributed by atoms with van der Waals surface area (Å²) in [6.07, 6.45) is 3.43. The molecule has 2 heteroatoms. The zero-order valence-corrected chi connectivity index (χ0v) is 8.05. The average Bonchev–Trinajstić information content (AvgIpc) is 2.05. The van der Waals surface area contributed by atoms with Gasteiger partial charge in [0, 0.05) is 5.70 Å². The fourth-order valence-corrected chi connectivity index (χ4v) is 0.480. The molecule has 11 heavy (non-hydrogen) atoms. The van der Waals surface area contributed by atoms with Crippen LogP contribution in [0.3, 0.4) is 0 Å². The molecule has 0 unspecified atom stereocenters. The first-order valence-electron chi connectivity index (χ1n) is 4.04. The smallest absolute Gasteiger partial charge is 0.173 e. The van der Waals surface area contributed by atoms with Crippen molar-refractivity contribution in [3.05, 3.63) is 12.3 Å². The van der Waals surface area contributed by atoms with E-state index in [-0.39, 0.29) is 0 Å². The van der Waals surface area contributed by atoms with Crippen molar-refractivity contribution in [2.24, 2.45) is 4.99 Å². The topological polar surface area (TPSA) is 21.6 Å². The van der Waals surface area contributed by atoms with Crippen LogP contribution in [0.4, 0.5) is 0 Å². The molecule has 0 rings (SSSR count). The Bertz CT molecular complexity index is 108. The molecule has 0 bridgehead atoms. The zero-order chi connectivity index (χ0) is 9.11. The maximum atomic E-state index is 4.61. The van der Waals surface area contributed by atoms with E-state index in [9.17, 15) is 0 Å². The lowest BCUT2D eigenvalue weighted by molar-refractivity contribution is 0.422. The molecular formula is C9H19NO. The van der Waals surface area contributed by atoms with Gasteiger partial charge in [-0.25, -0.2) is 4.99 Å². The quantitative estimate of drug-likeness (QED) is 0.454. The van der Waals surface area contributed by atoms with E-state index < -0.39 is 0 Å². The summed E-state index contributed by atoms with van der Waals surface area (Å²) in [6.45, 7) is 9.79. The van der Waals surface area contributed by atoms with Gasteiger partial charge in [-0.15, -0.1) is 0 Å². The third kappa shape index (κ3) is 12.4. The van der Waals surface area contributed by atoms with Crippen molar-refractivity contribution < 1.29 is 4.74 Å². The van der Waals surface area contributed by atoms with Gasteiger partial charge in [-0.1, -0.05) is 33.8 Å². The summed E-state index contributed by atoms with van der Waals surface area (Å²) in [5.74, 6) is 0. The lowest BCUT2D eigenvalue weighted by Gasteiger charge is -1.92. The predicted molar refractivity (Wildman–Crippen MR) is 50.9 cm³/mol. The van der Waals surface area contributed by atoms with Crippen molar-refractivity contribution in [3.63, 3.8) is 0 Å². The van der Waals surface area contributed by atoms with Crippen LogP contribution in [0.25, 0.3) is 0 Å². The van der Waals surface area contributed by atoms with E-state index in [2.05, 4.69) is 23.2 Å². The molecule has 0 atom stereocenters. The highest BCUT2D eigenvalue weighted by molar-refractivity contribution is 5.48. The van der Waals surface area contributed by atoms with E-state index >= 15 is 0 Å². The first-order valence-corrected chi connectivity index (χ1v) is 4.04. The molecule has 0 amide bonds. The molecule has 0 heterocycles. The lowest BCUT2D eigenvalue weighted by atomic mass is 10.3. The van der Waals surface area contributed by atoms with E-state index in [0.29, 0.717) is 0 Å². The molecule has 0 fully saturated rings. The third-order valence-corrected chi connectivity index (χ3v) is 0.879. The first-order chi connectivity index (χ1) is 5.31. The molecule has 0 saturated heterocycles. The minimum absolute atomic E-state index is 0.874. The van der Waals surface area contributed by atoms with Crippen LogP contribution in [0.15, 0.2) is 17.3 Å². The van der Waals surface area contributed by atoms with Crippen LogP contribution in [-0.4, -0.2) is 13.5 Å². The van der Waals surface area contributed by atoms with Crippen LogP contribution < -0.4 is 0 Å². The highest BCUT2D eigenvalue weighted by Crippen LogP contribution is 2.00. The Kier molecular flexibility index (Phi) is 13.9. The van der Waals surface area contributed by atoms with Crippen molar-refractivity contribution in [1.82, 2.24) is 0 Å². The molecule has 0 radical (unpaired) electrons. The molecule has 0 N–H and O–H groups in total. The molecule has 0 aromatic heterocycles. The summed E-state index contributed by atoms with van der Waals surface area (Å²) < 4.78 is 4.61. The van der Waals surface area contributed by atoms with Gasteiger partial charge in [0.25, 0.3) is 0 Å². The molecular weight excluding hydrogens is 138 g/mol. The van der Waals surface area contributed by atoms with Crippen molar-refractivity contribution in [2.45, 2.75) is 33.6 Å². The van der Waals surface area contributed by atoms with Crippen molar-refractivity contribution >= 4 is 6.40 Å². The SMILES string of the molecule is C=C(CCC)N=COC.CC. The molecule has 0 aromatic rings. The molecule has 66 valence electrons. The molecule has 0 aliphatic heterocycles. The summed E-state index contributed by atoms with van der Waals surface area (Å²) in [7, 11) is 1.57. The van der Waals surface area contributed by atoms with Gasteiger partial charge in [0.1, 0.15) is 0 Å². The van der Waals surface area contributed by atoms with Gasteiger partial charge in [0.05, 0.1) is 7.11 Å². The number of aliphatic imine (C=N–C) groups is 1. The summed E-state index contributed by atoms with van der Waals surface area (Å²) in [6, 6.07) is 0. The molecule has 0 saturated carbocycles. The summed E-state index contributed by atoms with van der Waals surface area (Å²) in [5, 5.41) is 0. The van der Waals surface area contributed by atoms with Gasteiger partial charge in [-0.05, 0) is 6.42 Å². The molecule has 0 aromatic carbocycles. The van der Waals surface area contributed by atoms with E-state index in [0.717, 1.165) is 18.5 Å². The fraction of sp³-hybridized carbons (Fsp3) is 0.667. The van der Waals surface area contributed by atoms with Crippen LogP contribution >= 0.6 is 0 Å². The Labute approximate surface area is 70.0 Å². The van der Waals surface area contributed by atoms with Crippen LogP contribution in [0.2, 0.25) is 0 Å². The predicted octanol–water partition coefficient (Wildman–Crippen LogP) is 3.00. The van der Waals surface area contributed by atoms with Crippen LogP contribution in [-0.2, 0) is 4.74 Å². The van der Waals surface area contributed by atoms with Crippen molar-refractivity contribution in [3.8, 4) is 0 Å². The summed E-state index contributed by atoms with van der Waals surface area (Å²) in [5.41, 5.74) is 0.874. The van der Waals surface area contributed by atoms with Crippen molar-refractivity contribution in [2.75, 3.05) is 7.11 Å². The van der Waals surface area contributed by atoms with Gasteiger partial charge >= 0.3 is 0 Å². The Morgan fingerprint density at radius 1 is 1.55 bits per heavy atom. The monoisotopic (exact) mass is 157 g/mol. The first kappa shape index (κ1) is 12.8. The van der Waals surface area contributed by atoms with Gasteiger partial charge < -0.3 is 4.74 Å². The molecule has 0 aliphatic carbocycles. The Morgan fingerprint density at radius 3 is 2.45 bits per heavy atom. The summed E-state index contributed by atoms with van der Waals surface area (Å²) >= 11 is 0. The minimum atomic E-state index is 0.874. The second-order valence-electron chi connectivity index (χ2n) is 1.79. The Morgan fingerprint density at radius 2 is 2.09 bits per heavy atom. The Hall–Kier alpha value is -0.790. The van der Waals surface area contributed by atoms with E-state index in [1.54, 1.807) is 7.11 Å². The highest BCUT2D eigenvalue weighted by Gasteiger charge is 1.84. The Balaban J connectivity index is 0. The number of rotatable bonds is 4. The normalized spacial score (nSPS) is 8.73. The minimum Gasteiger partial charge on any atom is -0.486 e. The molecule has 2 nitrogen and oxygen atoms in total. The van der Waals surface area contributed by atoms with Gasteiger partial charge in [-0.2, -0.15) is 0 Å². The lowest BCUT2D eigenvalue weighted by Crippen LogP contribution is -1.79. The largest absolute Gasteiger partial charge is 0.486 e. The number of hydrogen-bond acceptors (Lipinski definition) is 2. The van der Waals surface area contributed by atoms with Crippen LogP contribution in [0, 0.1) is 0 Å². The van der Waals surface area contributed by atoms with E-state index in [1.807, 2.05) is 13.8 Å². The van der Waals surface area contributed by atoms with Crippen molar-refractivity contribution in [1.29, 1.82) is 0 Å². The van der Waals surface area contributed by atoms with E-state index in [1.165, 1.54) is 6.40 Å². The summed E-state index contributed by atoms with van der Waals surface area (Å²) in [4.78, 5) is 3.89. The number of nitrogens with zero attached hydrogens (tertiary/aromatic N) is 1. The number of methoxy groups -OCH3 is 1. The van der Waals surface area contributed by atoms with Crippen LogP contribution in [0.1, 0.15) is 33.6 Å². The zero-order valence-electron chi connectivity index (χ0n) is 8.05. The van der Waals surface area contributed by atoms with Crippen LogP contribution in [0.5, 0.6) is 0 Å². The van der Waals surface area contributed by atoms with E-state index in [4.69, 9.17) is 0 Å². The standard InChI is InChI=1S/C7H13NO.C2H6/c1-4-5-7(2)8-6-9-3;1-2/h6H,2,4-5H2,1,3H3;1-2H3.